The first-order valence-corrected chi connectivity index (χ1v) is 12.2. The Morgan fingerprint density at radius 2 is 1.50 bits per heavy atom. The normalized spacial score (nSPS) is 10.6. The molecule has 0 aliphatic heterocycles. The summed E-state index contributed by atoms with van der Waals surface area (Å²) >= 11 is 0. The van der Waals surface area contributed by atoms with Gasteiger partial charge in [-0.25, -0.2) is 4.79 Å². The summed E-state index contributed by atoms with van der Waals surface area (Å²) in [5.41, 5.74) is 4.86. The van der Waals surface area contributed by atoms with Crippen LogP contribution in [-0.2, 0) is 24.2 Å². The molecular weight excluding hydrogens is 450 g/mol. The molecule has 0 unspecified atom stereocenters. The van der Waals surface area contributed by atoms with Gasteiger partial charge < -0.3 is 14.2 Å². The molecule has 1 heterocycles. The molecular formula is C31H31NO4. The van der Waals surface area contributed by atoms with Crippen LogP contribution in [0.25, 0.3) is 0 Å². The van der Waals surface area contributed by atoms with Crippen molar-refractivity contribution >= 4 is 5.97 Å². The van der Waals surface area contributed by atoms with Gasteiger partial charge in [-0.15, -0.1) is 0 Å². The molecule has 0 aliphatic rings. The van der Waals surface area contributed by atoms with Crippen molar-refractivity contribution in [1.29, 1.82) is 0 Å². The van der Waals surface area contributed by atoms with Crippen LogP contribution in [0.1, 0.15) is 51.8 Å². The van der Waals surface area contributed by atoms with E-state index in [4.69, 9.17) is 19.2 Å². The Hall–Kier alpha value is -4.12. The molecule has 5 heteroatoms. The van der Waals surface area contributed by atoms with Crippen LogP contribution in [0.5, 0.6) is 17.2 Å². The summed E-state index contributed by atoms with van der Waals surface area (Å²) in [6.45, 7) is 4.34. The number of rotatable bonds is 10. The van der Waals surface area contributed by atoms with Crippen LogP contribution in [0.2, 0.25) is 0 Å². The number of aryl methyl sites for hydroxylation is 1. The predicted octanol–water partition coefficient (Wildman–Crippen LogP) is 7.09. The van der Waals surface area contributed by atoms with Gasteiger partial charge in [0.2, 0.25) is 0 Å². The zero-order valence-corrected chi connectivity index (χ0v) is 21.0. The van der Waals surface area contributed by atoms with Gasteiger partial charge in [-0.1, -0.05) is 74.0 Å². The van der Waals surface area contributed by atoms with E-state index in [0.29, 0.717) is 30.8 Å². The summed E-state index contributed by atoms with van der Waals surface area (Å²) in [7, 11) is 1.40. The second-order valence-corrected chi connectivity index (χ2v) is 8.59. The average molecular weight is 482 g/mol. The van der Waals surface area contributed by atoms with Crippen molar-refractivity contribution < 1.29 is 19.0 Å². The molecule has 0 spiro atoms. The molecule has 0 atom stereocenters. The largest absolute Gasteiger partial charge is 0.486 e. The Morgan fingerprint density at radius 3 is 2.19 bits per heavy atom. The lowest BCUT2D eigenvalue weighted by molar-refractivity contribution is 0.0594. The molecule has 4 rings (SSSR count). The number of ether oxygens (including phenoxy) is 3. The third-order valence-corrected chi connectivity index (χ3v) is 5.92. The zero-order chi connectivity index (χ0) is 25.3. The van der Waals surface area contributed by atoms with Gasteiger partial charge in [0.15, 0.2) is 5.75 Å². The highest BCUT2D eigenvalue weighted by atomic mass is 16.5. The van der Waals surface area contributed by atoms with E-state index in [2.05, 4.69) is 6.92 Å². The van der Waals surface area contributed by atoms with E-state index >= 15 is 0 Å². The first-order chi connectivity index (χ1) is 17.6. The minimum Gasteiger partial charge on any atom is -0.486 e. The zero-order valence-electron chi connectivity index (χ0n) is 21.0. The Balaban J connectivity index is 1.67. The first-order valence-electron chi connectivity index (χ1n) is 12.2. The van der Waals surface area contributed by atoms with E-state index in [1.807, 2.05) is 91.9 Å². The molecule has 0 amide bonds. The number of benzene rings is 3. The second-order valence-electron chi connectivity index (χ2n) is 8.59. The molecule has 5 nitrogen and oxygen atoms in total. The Kier molecular flexibility index (Phi) is 8.35. The molecule has 0 saturated heterocycles. The van der Waals surface area contributed by atoms with Gasteiger partial charge in [-0.3, -0.25) is 4.98 Å². The summed E-state index contributed by atoms with van der Waals surface area (Å²) in [6.07, 6.45) is 2.12. The maximum Gasteiger partial charge on any atom is 0.342 e. The van der Waals surface area contributed by atoms with Crippen LogP contribution >= 0.6 is 0 Å². The van der Waals surface area contributed by atoms with Gasteiger partial charge >= 0.3 is 5.97 Å². The van der Waals surface area contributed by atoms with Crippen molar-refractivity contribution in [2.24, 2.45) is 0 Å². The Bertz CT molecular complexity index is 1300. The van der Waals surface area contributed by atoms with Gasteiger partial charge in [0, 0.05) is 12.1 Å². The van der Waals surface area contributed by atoms with E-state index in [0.717, 1.165) is 46.0 Å². The van der Waals surface area contributed by atoms with E-state index in [1.165, 1.54) is 7.11 Å². The van der Waals surface area contributed by atoms with E-state index in [9.17, 15) is 4.79 Å². The van der Waals surface area contributed by atoms with Gasteiger partial charge in [-0.05, 0) is 54.3 Å². The molecule has 36 heavy (non-hydrogen) atoms. The summed E-state index contributed by atoms with van der Waals surface area (Å²) < 4.78 is 17.4. The van der Waals surface area contributed by atoms with Crippen LogP contribution in [0.4, 0.5) is 0 Å². The van der Waals surface area contributed by atoms with Gasteiger partial charge in [-0.2, -0.15) is 0 Å². The van der Waals surface area contributed by atoms with Crippen molar-refractivity contribution in [1.82, 2.24) is 4.98 Å². The average Bonchev–Trinajstić information content (AvgIpc) is 2.90. The number of hydrogen-bond acceptors (Lipinski definition) is 5. The molecule has 184 valence electrons. The lowest BCUT2D eigenvalue weighted by Crippen LogP contribution is -2.15. The maximum atomic E-state index is 12.9. The number of para-hydroxylation sites is 1. The molecule has 0 radical (unpaired) electrons. The SMILES string of the molecule is CCCc1nc(Cc2cccc(Oc3ccccc3)c2)c(C)c(C(=O)OC)c1OCc1ccccc1. The molecule has 1 aromatic heterocycles. The number of hydrogen-bond donors (Lipinski definition) is 0. The summed E-state index contributed by atoms with van der Waals surface area (Å²) in [6, 6.07) is 27.5. The lowest BCUT2D eigenvalue weighted by Gasteiger charge is -2.19. The number of carbonyl (C=O) groups is 1. The number of pyridine rings is 1. The third kappa shape index (κ3) is 6.11. The van der Waals surface area contributed by atoms with Crippen molar-refractivity contribution in [3.63, 3.8) is 0 Å². The van der Waals surface area contributed by atoms with Crippen LogP contribution in [0.15, 0.2) is 84.9 Å². The number of methoxy groups -OCH3 is 1. The number of nitrogens with zero attached hydrogens (tertiary/aromatic N) is 1. The molecule has 0 fully saturated rings. The Morgan fingerprint density at radius 1 is 0.833 bits per heavy atom. The summed E-state index contributed by atoms with van der Waals surface area (Å²) in [4.78, 5) is 17.9. The monoisotopic (exact) mass is 481 g/mol. The topological polar surface area (TPSA) is 57.7 Å². The number of carbonyl (C=O) groups excluding carboxylic acids is 1. The van der Waals surface area contributed by atoms with E-state index in [-0.39, 0.29) is 0 Å². The fourth-order valence-electron chi connectivity index (χ4n) is 4.10. The minimum atomic E-state index is -0.419. The van der Waals surface area contributed by atoms with Gasteiger partial charge in [0.1, 0.15) is 23.7 Å². The second kappa shape index (κ2) is 12.0. The van der Waals surface area contributed by atoms with Gasteiger partial charge in [0.05, 0.1) is 12.8 Å². The smallest absolute Gasteiger partial charge is 0.342 e. The fraction of sp³-hybridized carbons (Fsp3) is 0.226. The standard InChI is InChI=1S/C31H31NO4/c1-4-12-27-30(35-21-23-13-7-5-8-14-23)29(31(33)34-3)22(2)28(32-27)20-24-15-11-18-26(19-24)36-25-16-9-6-10-17-25/h5-11,13-19H,4,12,20-21H2,1-3H3. The number of esters is 1. The molecule has 3 aromatic carbocycles. The molecule has 4 aromatic rings. The Labute approximate surface area is 212 Å². The van der Waals surface area contributed by atoms with E-state index < -0.39 is 5.97 Å². The number of aromatic nitrogens is 1. The molecule has 0 saturated carbocycles. The van der Waals surface area contributed by atoms with Crippen molar-refractivity contribution in [2.45, 2.75) is 39.7 Å². The summed E-state index contributed by atoms with van der Waals surface area (Å²) in [5, 5.41) is 0. The van der Waals surface area contributed by atoms with Crippen LogP contribution < -0.4 is 9.47 Å². The van der Waals surface area contributed by atoms with Crippen molar-refractivity contribution in [3.8, 4) is 17.2 Å². The highest BCUT2D eigenvalue weighted by molar-refractivity contribution is 5.94. The molecule has 0 bridgehead atoms. The fourth-order valence-corrected chi connectivity index (χ4v) is 4.10. The predicted molar refractivity (Wildman–Crippen MR) is 141 cm³/mol. The molecule has 0 aliphatic carbocycles. The lowest BCUT2D eigenvalue weighted by atomic mass is 9.98. The van der Waals surface area contributed by atoms with Crippen molar-refractivity contribution in [3.05, 3.63) is 119 Å². The van der Waals surface area contributed by atoms with Gasteiger partial charge in [0.25, 0.3) is 0 Å². The van der Waals surface area contributed by atoms with Crippen LogP contribution in [-0.4, -0.2) is 18.1 Å². The quantitative estimate of drug-likeness (QED) is 0.226. The van der Waals surface area contributed by atoms with Crippen LogP contribution in [0.3, 0.4) is 0 Å². The highest BCUT2D eigenvalue weighted by Gasteiger charge is 2.24. The minimum absolute atomic E-state index is 0.348. The van der Waals surface area contributed by atoms with Crippen LogP contribution in [0, 0.1) is 6.92 Å². The maximum absolute atomic E-state index is 12.9. The highest BCUT2D eigenvalue weighted by Crippen LogP contribution is 2.32. The van der Waals surface area contributed by atoms with E-state index in [1.54, 1.807) is 0 Å². The third-order valence-electron chi connectivity index (χ3n) is 5.92. The first kappa shape index (κ1) is 25.0. The molecule has 0 N–H and O–H groups in total. The van der Waals surface area contributed by atoms with Crippen molar-refractivity contribution in [2.75, 3.05) is 7.11 Å². The summed E-state index contributed by atoms with van der Waals surface area (Å²) in [5.74, 6) is 1.62.